The summed E-state index contributed by atoms with van der Waals surface area (Å²) >= 11 is 0. The first kappa shape index (κ1) is 26.0. The highest BCUT2D eigenvalue weighted by Gasteiger charge is 2.23. The van der Waals surface area contributed by atoms with Crippen LogP contribution >= 0.6 is 7.82 Å². The Morgan fingerprint density at radius 2 is 1.70 bits per heavy atom. The number of amides is 1. The van der Waals surface area contributed by atoms with E-state index in [2.05, 4.69) is 21.3 Å². The number of hydrogen-bond donors (Lipinski definition) is 3. The number of carbonyl (C=O) groups is 2. The molecule has 0 fully saturated rings. The van der Waals surface area contributed by atoms with E-state index in [0.717, 1.165) is 32.1 Å². The highest BCUT2D eigenvalue weighted by atomic mass is 31.2. The molecule has 9 nitrogen and oxygen atoms in total. The lowest BCUT2D eigenvalue weighted by Crippen LogP contribution is -2.27. The molecule has 0 aliphatic carbocycles. The molecular formula is C17H34NO8P. The largest absolute Gasteiger partial charge is 0.472 e. The predicted molar refractivity (Wildman–Crippen MR) is 100.0 cm³/mol. The average molecular weight is 411 g/mol. The number of ether oxygens (including phenoxy) is 1. The molecule has 0 saturated carbocycles. The number of aliphatic hydroxyl groups is 1. The van der Waals surface area contributed by atoms with Gasteiger partial charge in [-0.05, 0) is 12.8 Å². The van der Waals surface area contributed by atoms with Crippen molar-refractivity contribution in [3.8, 4) is 0 Å². The molecule has 0 spiro atoms. The van der Waals surface area contributed by atoms with Crippen molar-refractivity contribution in [1.29, 1.82) is 0 Å². The third-order valence-electron chi connectivity index (χ3n) is 3.51. The maximum absolute atomic E-state index is 11.6. The first-order valence-electron chi connectivity index (χ1n) is 9.53. The minimum Gasteiger partial charge on any atom is -0.463 e. The zero-order valence-corrected chi connectivity index (χ0v) is 17.2. The lowest BCUT2D eigenvalue weighted by molar-refractivity contribution is -0.147. The van der Waals surface area contributed by atoms with Crippen LogP contribution in [-0.2, 0) is 27.9 Å². The molecule has 0 aromatic rings. The number of unbranched alkanes of at least 4 members (excludes halogenated alkanes) is 4. The van der Waals surface area contributed by atoms with Crippen LogP contribution in [0.5, 0.6) is 0 Å². The first-order valence-corrected chi connectivity index (χ1v) is 11.0. The molecule has 0 bridgehead atoms. The van der Waals surface area contributed by atoms with Crippen molar-refractivity contribution in [2.75, 3.05) is 26.4 Å². The van der Waals surface area contributed by atoms with Gasteiger partial charge in [-0.3, -0.25) is 18.6 Å². The van der Waals surface area contributed by atoms with Gasteiger partial charge in [-0.15, -0.1) is 0 Å². The molecule has 1 amide bonds. The number of aliphatic hydroxyl groups excluding tert-OH is 1. The lowest BCUT2D eigenvalue weighted by Gasteiger charge is -2.15. The summed E-state index contributed by atoms with van der Waals surface area (Å²) in [6.45, 7) is 3.01. The highest BCUT2D eigenvalue weighted by molar-refractivity contribution is 7.47. The van der Waals surface area contributed by atoms with Gasteiger partial charge in [-0.25, -0.2) is 4.57 Å². The number of esters is 1. The van der Waals surface area contributed by atoms with Crippen molar-refractivity contribution in [3.63, 3.8) is 0 Å². The van der Waals surface area contributed by atoms with Crippen LogP contribution in [0, 0.1) is 0 Å². The fourth-order valence-corrected chi connectivity index (χ4v) is 2.82. The van der Waals surface area contributed by atoms with E-state index >= 15 is 0 Å². The van der Waals surface area contributed by atoms with Gasteiger partial charge in [0, 0.05) is 19.4 Å². The number of phosphoric acid groups is 1. The van der Waals surface area contributed by atoms with Crippen LogP contribution in [0.3, 0.4) is 0 Å². The van der Waals surface area contributed by atoms with Crippen LogP contribution in [0.25, 0.3) is 0 Å². The van der Waals surface area contributed by atoms with Crippen molar-refractivity contribution < 1.29 is 37.9 Å². The Morgan fingerprint density at radius 1 is 1.00 bits per heavy atom. The maximum Gasteiger partial charge on any atom is 0.472 e. The van der Waals surface area contributed by atoms with Gasteiger partial charge < -0.3 is 20.1 Å². The van der Waals surface area contributed by atoms with Crippen molar-refractivity contribution in [1.82, 2.24) is 5.32 Å². The number of phosphoric ester groups is 1. The first-order chi connectivity index (χ1) is 12.8. The molecule has 0 aromatic heterocycles. The van der Waals surface area contributed by atoms with Gasteiger partial charge in [0.15, 0.2) is 0 Å². The van der Waals surface area contributed by atoms with E-state index in [1.807, 2.05) is 6.92 Å². The van der Waals surface area contributed by atoms with Crippen molar-refractivity contribution in [3.05, 3.63) is 0 Å². The Balaban J connectivity index is 3.79. The van der Waals surface area contributed by atoms with Crippen LogP contribution in [0.1, 0.15) is 65.2 Å². The Morgan fingerprint density at radius 3 is 2.37 bits per heavy atom. The molecule has 2 unspecified atom stereocenters. The number of carbonyl (C=O) groups excluding carboxylic acids is 2. The fraction of sp³-hybridized carbons (Fsp3) is 0.882. The van der Waals surface area contributed by atoms with Crippen LogP contribution < -0.4 is 5.32 Å². The molecule has 0 aliphatic heterocycles. The van der Waals surface area contributed by atoms with E-state index in [-0.39, 0.29) is 32.1 Å². The molecular weight excluding hydrogens is 377 g/mol. The van der Waals surface area contributed by atoms with Crippen LogP contribution in [0.2, 0.25) is 0 Å². The molecule has 0 saturated heterocycles. The molecule has 10 heteroatoms. The van der Waals surface area contributed by atoms with Gasteiger partial charge in [-0.2, -0.15) is 0 Å². The summed E-state index contributed by atoms with van der Waals surface area (Å²) < 4.78 is 25.8. The lowest BCUT2D eigenvalue weighted by atomic mass is 10.1. The minimum atomic E-state index is -4.35. The monoisotopic (exact) mass is 411 g/mol. The van der Waals surface area contributed by atoms with E-state index in [1.54, 1.807) is 0 Å². The van der Waals surface area contributed by atoms with E-state index in [4.69, 9.17) is 4.74 Å². The summed E-state index contributed by atoms with van der Waals surface area (Å²) in [5.74, 6) is -0.589. The smallest absolute Gasteiger partial charge is 0.463 e. The fourth-order valence-electron chi connectivity index (χ4n) is 2.07. The van der Waals surface area contributed by atoms with E-state index < -0.39 is 26.5 Å². The second-order valence-electron chi connectivity index (χ2n) is 6.20. The average Bonchev–Trinajstić information content (AvgIpc) is 2.62. The van der Waals surface area contributed by atoms with E-state index in [9.17, 15) is 24.2 Å². The highest BCUT2D eigenvalue weighted by Crippen LogP contribution is 2.42. The van der Waals surface area contributed by atoms with Gasteiger partial charge in [0.2, 0.25) is 5.91 Å². The summed E-state index contributed by atoms with van der Waals surface area (Å²) in [7, 11) is -4.35. The third kappa shape index (κ3) is 16.9. The van der Waals surface area contributed by atoms with Crippen LogP contribution in [0.15, 0.2) is 0 Å². The molecule has 160 valence electrons. The molecule has 0 heterocycles. The molecule has 2 atom stereocenters. The molecule has 0 aromatic carbocycles. The third-order valence-corrected chi connectivity index (χ3v) is 4.49. The zero-order chi connectivity index (χ0) is 20.5. The van der Waals surface area contributed by atoms with Crippen molar-refractivity contribution >= 4 is 19.7 Å². The Kier molecular flexibility index (Phi) is 15.4. The summed E-state index contributed by atoms with van der Waals surface area (Å²) in [5, 5.41) is 12.2. The van der Waals surface area contributed by atoms with Gasteiger partial charge >= 0.3 is 13.8 Å². The van der Waals surface area contributed by atoms with Gasteiger partial charge in [0.25, 0.3) is 0 Å². The number of nitrogens with one attached hydrogen (secondary N) is 1. The summed E-state index contributed by atoms with van der Waals surface area (Å²) in [5.41, 5.74) is 0. The summed E-state index contributed by atoms with van der Waals surface area (Å²) in [6, 6.07) is 0. The van der Waals surface area contributed by atoms with E-state index in [1.165, 1.54) is 0 Å². The zero-order valence-electron chi connectivity index (χ0n) is 16.4. The Hall–Kier alpha value is -0.990. The normalized spacial score (nSPS) is 14.4. The molecule has 3 N–H and O–H groups in total. The summed E-state index contributed by atoms with van der Waals surface area (Å²) in [6.07, 6.45) is 5.16. The van der Waals surface area contributed by atoms with Crippen molar-refractivity contribution in [2.24, 2.45) is 0 Å². The number of hydrogen-bond acceptors (Lipinski definition) is 7. The molecule has 0 radical (unpaired) electrons. The quantitative estimate of drug-likeness (QED) is 0.189. The van der Waals surface area contributed by atoms with E-state index in [0.29, 0.717) is 12.8 Å². The van der Waals surface area contributed by atoms with Gasteiger partial charge in [0.1, 0.15) is 12.7 Å². The van der Waals surface area contributed by atoms with Gasteiger partial charge in [-0.1, -0.05) is 39.5 Å². The molecule has 27 heavy (non-hydrogen) atoms. The summed E-state index contributed by atoms with van der Waals surface area (Å²) in [4.78, 5) is 32.2. The number of rotatable bonds is 17. The van der Waals surface area contributed by atoms with Gasteiger partial charge in [0.05, 0.1) is 13.2 Å². The van der Waals surface area contributed by atoms with Crippen LogP contribution in [0.4, 0.5) is 0 Å². The Bertz CT molecular complexity index is 460. The standard InChI is InChI=1S/C17H34NO8P/c1-3-5-6-7-8-10-17(21)24-13-15(19)14-26-27(22,23)25-12-11-18-16(20)9-4-2/h15,19H,3-14H2,1-2H3,(H,18,20)(H,22,23). The topological polar surface area (TPSA) is 131 Å². The Labute approximate surface area is 161 Å². The second kappa shape index (κ2) is 16.0. The maximum atomic E-state index is 11.6. The van der Waals surface area contributed by atoms with Crippen molar-refractivity contribution in [2.45, 2.75) is 71.3 Å². The second-order valence-corrected chi connectivity index (χ2v) is 7.65. The van der Waals surface area contributed by atoms with Crippen LogP contribution in [-0.4, -0.2) is 54.3 Å². The molecule has 0 rings (SSSR count). The minimum absolute atomic E-state index is 0.0746. The molecule has 0 aliphatic rings. The predicted octanol–water partition coefficient (Wildman–Crippen LogP) is 2.30. The SMILES string of the molecule is CCCCCCCC(=O)OCC(O)COP(=O)(O)OCCNC(=O)CCC.